The van der Waals surface area contributed by atoms with Crippen LogP contribution in [0.4, 0.5) is 9.59 Å². The molecule has 0 bridgehead atoms. The molecule has 8 heteroatoms. The fourth-order valence-corrected chi connectivity index (χ4v) is 0. The molecule has 0 saturated carbocycles. The van der Waals surface area contributed by atoms with Crippen LogP contribution in [0.25, 0.3) is 0 Å². The van der Waals surface area contributed by atoms with Crippen LogP contribution in [0.1, 0.15) is 0 Å². The standard InChI is InChI=1S/2CH2O3.H2I.Na/c2*2-1(3)4;;/h2*(H2,2,3,4);1H2;/q;;2*+1/p-2. The second kappa shape index (κ2) is 16.1. The Morgan fingerprint density at radius 1 is 1.00 bits per heavy atom. The van der Waals surface area contributed by atoms with E-state index in [0.29, 0.717) is 0 Å². The van der Waals surface area contributed by atoms with Crippen LogP contribution >= 0.6 is 0 Å². The van der Waals surface area contributed by atoms with Gasteiger partial charge in [0.2, 0.25) is 36.3 Å². The number of carbonyl (C=O) groups is 2. The molecule has 10 heavy (non-hydrogen) atoms. The summed E-state index contributed by atoms with van der Waals surface area (Å²) < 4.78 is 0. The third-order valence-corrected chi connectivity index (χ3v) is 0. The van der Waals surface area contributed by atoms with Crippen molar-refractivity contribution in [2.24, 2.45) is 0 Å². The first-order valence-corrected chi connectivity index (χ1v) is 1.26. The first-order chi connectivity index (χ1) is 3.46. The topological polar surface area (TPSA) is 121 Å². The zero-order chi connectivity index (χ0) is 7.15. The summed E-state index contributed by atoms with van der Waals surface area (Å²) in [5.74, 6) is 0. The Morgan fingerprint density at radius 2 is 1.00 bits per heavy atom. The molecule has 56 valence electrons. The van der Waals surface area contributed by atoms with Gasteiger partial charge < -0.3 is 30.0 Å². The Kier molecular flexibility index (Phi) is 36.2. The van der Waals surface area contributed by atoms with Crippen molar-refractivity contribution in [2.45, 2.75) is 0 Å². The Labute approximate surface area is 95.2 Å². The molecular formula is C2H4INaO6. The molecule has 0 aliphatic carbocycles. The fraction of sp³-hybridized carbons (Fsp3) is 0. The van der Waals surface area contributed by atoms with Crippen molar-refractivity contribution in [3.05, 3.63) is 0 Å². The smallest absolute Gasteiger partial charge is 0.565 e. The molecule has 0 saturated heterocycles. The van der Waals surface area contributed by atoms with Crippen LogP contribution in [0.15, 0.2) is 0 Å². The van der Waals surface area contributed by atoms with Gasteiger partial charge in [0.15, 0.2) is 0 Å². The summed E-state index contributed by atoms with van der Waals surface area (Å²) >= 11 is 0. The van der Waals surface area contributed by atoms with E-state index in [4.69, 9.17) is 30.0 Å². The molecule has 0 unspecified atom stereocenters. The molecule has 0 radical (unpaired) electrons. The largest absolute Gasteiger partial charge is 1.00 e. The number of carboxylic acid groups (broad SMARTS) is 4. The van der Waals surface area contributed by atoms with E-state index < -0.39 is 12.3 Å². The van der Waals surface area contributed by atoms with Crippen molar-refractivity contribution < 1.29 is 83.5 Å². The Hall–Kier alpha value is 0.270. The van der Waals surface area contributed by atoms with Gasteiger partial charge in [-0.3, -0.25) is 0 Å². The molecule has 0 aliphatic heterocycles. The van der Waals surface area contributed by atoms with Crippen molar-refractivity contribution in [3.8, 4) is 0 Å². The Balaban J connectivity index is -0.0000000300. The molecule has 0 aromatic carbocycles. The van der Waals surface area contributed by atoms with Crippen molar-refractivity contribution in [2.75, 3.05) is 0 Å². The number of halogens is 1. The fourth-order valence-electron chi connectivity index (χ4n) is 0. The normalized spacial score (nSPS) is 4.80. The molecule has 0 fully saturated rings. The SMILES string of the molecule is O=C([O-])O.O=C([O-])O.[IH2+].[Na+]. The summed E-state index contributed by atoms with van der Waals surface area (Å²) in [6.45, 7) is 0. The van der Waals surface area contributed by atoms with E-state index in [2.05, 4.69) is 0 Å². The van der Waals surface area contributed by atoms with E-state index in [1.807, 2.05) is 0 Å². The van der Waals surface area contributed by atoms with Crippen molar-refractivity contribution >= 4 is 12.3 Å². The maximum Gasteiger partial charge on any atom is 1.00 e. The number of hydrogen-bond donors (Lipinski definition) is 2. The second-order valence-corrected chi connectivity index (χ2v) is 0.532. The van der Waals surface area contributed by atoms with Crippen molar-refractivity contribution in [3.63, 3.8) is 0 Å². The van der Waals surface area contributed by atoms with Gasteiger partial charge in [-0.25, -0.2) is 0 Å². The molecule has 0 atom stereocenters. The van der Waals surface area contributed by atoms with E-state index >= 15 is 0 Å². The predicted octanol–water partition coefficient (Wildman–Crippen LogP) is -8.75. The van der Waals surface area contributed by atoms with Gasteiger partial charge in [-0.2, -0.15) is 0 Å². The molecular weight excluding hydrogens is 270 g/mol. The minimum Gasteiger partial charge on any atom is -0.565 e. The minimum absolute atomic E-state index is 0. The van der Waals surface area contributed by atoms with Crippen LogP contribution in [0.3, 0.4) is 0 Å². The van der Waals surface area contributed by atoms with Gasteiger partial charge >= 0.3 is 29.6 Å². The predicted molar refractivity (Wildman–Crippen MR) is 18.8 cm³/mol. The molecule has 0 spiro atoms. The van der Waals surface area contributed by atoms with E-state index in [1.54, 1.807) is 0 Å². The van der Waals surface area contributed by atoms with Crippen LogP contribution in [-0.4, -0.2) is 22.5 Å². The van der Waals surface area contributed by atoms with Gasteiger partial charge in [-0.05, 0) is 0 Å². The average Bonchev–Trinajstić information content (AvgIpc) is 1.25. The van der Waals surface area contributed by atoms with Crippen LogP contribution in [0, 0.1) is 0 Å². The Bertz CT molecular complexity index is 73.7. The van der Waals surface area contributed by atoms with Gasteiger partial charge in [0.25, 0.3) is 0 Å². The first kappa shape index (κ1) is 22.4. The van der Waals surface area contributed by atoms with E-state index in [1.165, 1.54) is 0 Å². The van der Waals surface area contributed by atoms with Gasteiger partial charge in [0, 0.05) is 0 Å². The summed E-state index contributed by atoms with van der Waals surface area (Å²) in [4.78, 5) is 16.9. The van der Waals surface area contributed by atoms with Crippen LogP contribution < -0.4 is 63.7 Å². The molecule has 0 aromatic rings. The van der Waals surface area contributed by atoms with E-state index in [-0.39, 0.29) is 53.5 Å². The summed E-state index contributed by atoms with van der Waals surface area (Å²) in [5.41, 5.74) is 0. The third kappa shape index (κ3) is 6000. The van der Waals surface area contributed by atoms with Gasteiger partial charge in [-0.1, -0.05) is 0 Å². The van der Waals surface area contributed by atoms with Crippen LogP contribution in [0.5, 0.6) is 0 Å². The van der Waals surface area contributed by atoms with Crippen molar-refractivity contribution in [1.29, 1.82) is 0 Å². The molecule has 0 aromatic heterocycles. The molecule has 0 amide bonds. The zero-order valence-corrected chi connectivity index (χ0v) is 9.53. The monoisotopic (exact) mass is 274 g/mol. The summed E-state index contributed by atoms with van der Waals surface area (Å²) in [6.07, 6.45) is -4.17. The number of hydrogen-bond acceptors (Lipinski definition) is 4. The molecule has 0 aliphatic rings. The van der Waals surface area contributed by atoms with E-state index in [9.17, 15) is 0 Å². The zero-order valence-electron chi connectivity index (χ0n) is 4.97. The molecule has 2 N–H and O–H groups in total. The van der Waals surface area contributed by atoms with Crippen LogP contribution in [-0.2, 0) is 0 Å². The maximum absolute atomic E-state index is 8.44. The van der Waals surface area contributed by atoms with Gasteiger partial charge in [-0.15, -0.1) is 0 Å². The summed E-state index contributed by atoms with van der Waals surface area (Å²) in [7, 11) is 0. The molecule has 0 heterocycles. The quantitative estimate of drug-likeness (QED) is 0.334. The average molecular weight is 274 g/mol. The van der Waals surface area contributed by atoms with Crippen molar-refractivity contribution in [1.82, 2.24) is 0 Å². The Morgan fingerprint density at radius 3 is 1.00 bits per heavy atom. The van der Waals surface area contributed by atoms with Gasteiger partial charge in [0.05, 0.1) is 0 Å². The first-order valence-electron chi connectivity index (χ1n) is 1.26. The summed E-state index contributed by atoms with van der Waals surface area (Å²) in [6, 6.07) is 0. The maximum atomic E-state index is 8.44. The molecule has 0 rings (SSSR count). The third-order valence-electron chi connectivity index (χ3n) is 0. The minimum atomic E-state index is -2.08. The van der Waals surface area contributed by atoms with Crippen LogP contribution in [0.2, 0.25) is 0 Å². The molecule has 6 nitrogen and oxygen atoms in total. The number of rotatable bonds is 0. The van der Waals surface area contributed by atoms with E-state index in [0.717, 1.165) is 0 Å². The van der Waals surface area contributed by atoms with Gasteiger partial charge in [0.1, 0.15) is 0 Å². The second-order valence-electron chi connectivity index (χ2n) is 0.532. The summed E-state index contributed by atoms with van der Waals surface area (Å²) in [5, 5.41) is 30.6.